The minimum Gasteiger partial charge on any atom is -0.495 e. The van der Waals surface area contributed by atoms with Crippen LogP contribution in [0.15, 0.2) is 36.5 Å². The lowest BCUT2D eigenvalue weighted by Gasteiger charge is -2.10. The van der Waals surface area contributed by atoms with E-state index in [1.165, 1.54) is 25.4 Å². The van der Waals surface area contributed by atoms with Gasteiger partial charge in [0.15, 0.2) is 0 Å². The van der Waals surface area contributed by atoms with Crippen molar-refractivity contribution >= 4 is 28.8 Å². The second kappa shape index (κ2) is 5.53. The molecular formula is C12H10ClN3O3. The third-order valence-electron chi connectivity index (χ3n) is 2.38. The number of nitrogens with one attached hydrogen (secondary N) is 1. The number of nitro groups is 1. The molecule has 1 N–H and O–H groups in total. The van der Waals surface area contributed by atoms with Crippen molar-refractivity contribution in [3.8, 4) is 5.75 Å². The third-order valence-corrected chi connectivity index (χ3v) is 2.61. The molecule has 2 rings (SSSR count). The molecular weight excluding hydrogens is 270 g/mol. The van der Waals surface area contributed by atoms with Crippen LogP contribution in [-0.4, -0.2) is 17.0 Å². The average Bonchev–Trinajstić information content (AvgIpc) is 2.39. The summed E-state index contributed by atoms with van der Waals surface area (Å²) in [4.78, 5) is 14.2. The van der Waals surface area contributed by atoms with E-state index in [1.54, 1.807) is 18.2 Å². The number of pyridine rings is 1. The van der Waals surface area contributed by atoms with Crippen molar-refractivity contribution in [3.05, 3.63) is 51.7 Å². The molecule has 0 bridgehead atoms. The minimum atomic E-state index is -0.484. The molecule has 0 aliphatic heterocycles. The van der Waals surface area contributed by atoms with E-state index < -0.39 is 4.92 Å². The molecule has 0 aliphatic carbocycles. The molecule has 2 aromatic rings. The van der Waals surface area contributed by atoms with Crippen LogP contribution in [0.2, 0.25) is 5.02 Å². The van der Waals surface area contributed by atoms with E-state index in [0.717, 1.165) is 0 Å². The van der Waals surface area contributed by atoms with E-state index in [9.17, 15) is 10.1 Å². The summed E-state index contributed by atoms with van der Waals surface area (Å²) in [6.07, 6.45) is 1.36. The number of aromatic nitrogens is 1. The van der Waals surface area contributed by atoms with Gasteiger partial charge in [-0.2, -0.15) is 0 Å². The molecule has 0 fully saturated rings. The monoisotopic (exact) mass is 279 g/mol. The predicted molar refractivity (Wildman–Crippen MR) is 72.2 cm³/mol. The number of hydrogen-bond acceptors (Lipinski definition) is 5. The normalized spacial score (nSPS) is 10.0. The van der Waals surface area contributed by atoms with Gasteiger partial charge in [-0.05, 0) is 18.2 Å². The van der Waals surface area contributed by atoms with Gasteiger partial charge in [0, 0.05) is 17.3 Å². The van der Waals surface area contributed by atoms with Crippen LogP contribution in [0.4, 0.5) is 17.2 Å². The first kappa shape index (κ1) is 13.1. The summed E-state index contributed by atoms with van der Waals surface area (Å²) >= 11 is 5.90. The van der Waals surface area contributed by atoms with Gasteiger partial charge in [0.2, 0.25) is 0 Å². The van der Waals surface area contributed by atoms with Gasteiger partial charge in [-0.1, -0.05) is 11.6 Å². The van der Waals surface area contributed by atoms with Crippen LogP contribution in [0.25, 0.3) is 0 Å². The van der Waals surface area contributed by atoms with Crippen molar-refractivity contribution in [1.82, 2.24) is 4.98 Å². The highest BCUT2D eigenvalue weighted by Crippen LogP contribution is 2.30. The molecule has 0 saturated heterocycles. The van der Waals surface area contributed by atoms with Crippen molar-refractivity contribution in [2.45, 2.75) is 0 Å². The number of nitrogens with zero attached hydrogens (tertiary/aromatic N) is 2. The third kappa shape index (κ3) is 3.11. The quantitative estimate of drug-likeness (QED) is 0.685. The standard InChI is InChI=1S/C12H10ClN3O3/c1-19-11-3-2-8(13)6-10(11)15-12-7-9(16(17)18)4-5-14-12/h2-7H,1H3,(H,14,15). The first-order valence-electron chi connectivity index (χ1n) is 5.31. The fourth-order valence-corrected chi connectivity index (χ4v) is 1.69. The molecule has 0 radical (unpaired) electrons. The molecule has 0 unspecified atom stereocenters. The topological polar surface area (TPSA) is 77.3 Å². The zero-order valence-corrected chi connectivity index (χ0v) is 10.7. The zero-order valence-electron chi connectivity index (χ0n) is 9.96. The van der Waals surface area contributed by atoms with Crippen molar-refractivity contribution in [2.24, 2.45) is 0 Å². The first-order chi connectivity index (χ1) is 9.10. The van der Waals surface area contributed by atoms with E-state index in [-0.39, 0.29) is 5.69 Å². The summed E-state index contributed by atoms with van der Waals surface area (Å²) in [5.74, 6) is 0.910. The Morgan fingerprint density at radius 1 is 1.37 bits per heavy atom. The molecule has 19 heavy (non-hydrogen) atoms. The molecule has 1 aromatic heterocycles. The van der Waals surface area contributed by atoms with Crippen LogP contribution in [0.3, 0.4) is 0 Å². The molecule has 0 spiro atoms. The summed E-state index contributed by atoms with van der Waals surface area (Å²) in [7, 11) is 1.52. The Hall–Kier alpha value is -2.34. The van der Waals surface area contributed by atoms with Gasteiger partial charge in [-0.25, -0.2) is 4.98 Å². The van der Waals surface area contributed by atoms with Crippen LogP contribution in [-0.2, 0) is 0 Å². The zero-order chi connectivity index (χ0) is 13.8. The number of ether oxygens (including phenoxy) is 1. The second-order valence-electron chi connectivity index (χ2n) is 3.63. The van der Waals surface area contributed by atoms with Crippen LogP contribution in [0, 0.1) is 10.1 Å². The maximum absolute atomic E-state index is 10.7. The lowest BCUT2D eigenvalue weighted by atomic mass is 10.3. The van der Waals surface area contributed by atoms with Crippen molar-refractivity contribution in [3.63, 3.8) is 0 Å². The Labute approximate surface area is 114 Å². The summed E-state index contributed by atoms with van der Waals surface area (Å²) in [5.41, 5.74) is 0.543. The Kier molecular flexibility index (Phi) is 3.82. The average molecular weight is 280 g/mol. The smallest absolute Gasteiger partial charge is 0.274 e. The van der Waals surface area contributed by atoms with Crippen LogP contribution < -0.4 is 10.1 Å². The Bertz CT molecular complexity index is 619. The SMILES string of the molecule is COc1ccc(Cl)cc1Nc1cc([N+](=O)[O-])ccn1. The van der Waals surface area contributed by atoms with Crippen molar-refractivity contribution in [2.75, 3.05) is 12.4 Å². The fraction of sp³-hybridized carbons (Fsp3) is 0.0833. The molecule has 1 aromatic carbocycles. The maximum atomic E-state index is 10.7. The highest BCUT2D eigenvalue weighted by molar-refractivity contribution is 6.31. The van der Waals surface area contributed by atoms with E-state index in [2.05, 4.69) is 10.3 Å². The number of hydrogen-bond donors (Lipinski definition) is 1. The number of benzene rings is 1. The summed E-state index contributed by atoms with van der Waals surface area (Å²) < 4.78 is 5.17. The van der Waals surface area contributed by atoms with Crippen molar-refractivity contribution < 1.29 is 9.66 Å². The maximum Gasteiger partial charge on any atom is 0.274 e. The molecule has 6 nitrogen and oxygen atoms in total. The van der Waals surface area contributed by atoms with Gasteiger partial charge in [0.1, 0.15) is 11.6 Å². The van der Waals surface area contributed by atoms with Crippen LogP contribution in [0.5, 0.6) is 5.75 Å². The van der Waals surface area contributed by atoms with Crippen LogP contribution in [0.1, 0.15) is 0 Å². The largest absolute Gasteiger partial charge is 0.495 e. The lowest BCUT2D eigenvalue weighted by Crippen LogP contribution is -1.97. The number of rotatable bonds is 4. The van der Waals surface area contributed by atoms with Crippen molar-refractivity contribution in [1.29, 1.82) is 0 Å². The summed E-state index contributed by atoms with van der Waals surface area (Å²) in [6, 6.07) is 7.69. The Morgan fingerprint density at radius 2 is 2.16 bits per heavy atom. The molecule has 0 atom stereocenters. The molecule has 1 heterocycles. The molecule has 98 valence electrons. The van der Waals surface area contributed by atoms with E-state index in [0.29, 0.717) is 22.3 Å². The summed E-state index contributed by atoms with van der Waals surface area (Å²) in [5, 5.41) is 14.1. The van der Waals surface area contributed by atoms with Gasteiger partial charge < -0.3 is 10.1 Å². The molecule has 0 saturated carbocycles. The molecule has 0 aliphatic rings. The van der Waals surface area contributed by atoms with Gasteiger partial charge in [0.25, 0.3) is 5.69 Å². The van der Waals surface area contributed by atoms with Gasteiger partial charge in [-0.15, -0.1) is 0 Å². The highest BCUT2D eigenvalue weighted by Gasteiger charge is 2.09. The van der Waals surface area contributed by atoms with E-state index in [1.807, 2.05) is 0 Å². The Balaban J connectivity index is 2.33. The fourth-order valence-electron chi connectivity index (χ4n) is 1.52. The Morgan fingerprint density at radius 3 is 2.84 bits per heavy atom. The van der Waals surface area contributed by atoms with Gasteiger partial charge in [-0.3, -0.25) is 10.1 Å². The van der Waals surface area contributed by atoms with Gasteiger partial charge in [0.05, 0.1) is 23.8 Å². The van der Waals surface area contributed by atoms with E-state index in [4.69, 9.17) is 16.3 Å². The van der Waals surface area contributed by atoms with E-state index >= 15 is 0 Å². The highest BCUT2D eigenvalue weighted by atomic mass is 35.5. The van der Waals surface area contributed by atoms with Gasteiger partial charge >= 0.3 is 0 Å². The predicted octanol–water partition coefficient (Wildman–Crippen LogP) is 3.40. The minimum absolute atomic E-state index is 0.0431. The number of anilines is 2. The second-order valence-corrected chi connectivity index (χ2v) is 4.06. The van der Waals surface area contributed by atoms with Crippen LogP contribution >= 0.6 is 11.6 Å². The molecule has 0 amide bonds. The molecule has 7 heteroatoms. The number of methoxy groups -OCH3 is 1. The first-order valence-corrected chi connectivity index (χ1v) is 5.69. The summed E-state index contributed by atoms with van der Waals surface area (Å²) in [6.45, 7) is 0. The number of halogens is 1. The lowest BCUT2D eigenvalue weighted by molar-refractivity contribution is -0.384.